The Morgan fingerprint density at radius 2 is 1.09 bits per heavy atom. The van der Waals surface area contributed by atoms with Crippen LogP contribution in [0.1, 0.15) is 190 Å². The molecular formula is C45H74O13. The van der Waals surface area contributed by atoms with Gasteiger partial charge in [-0.05, 0) is 77.2 Å². The Morgan fingerprint density at radius 1 is 0.603 bits per heavy atom. The maximum atomic E-state index is 12.3. The normalized spacial score (nSPS) is 20.2. The van der Waals surface area contributed by atoms with E-state index in [1.807, 2.05) is 0 Å². The van der Waals surface area contributed by atoms with E-state index in [-0.39, 0.29) is 30.3 Å². The van der Waals surface area contributed by atoms with Crippen LogP contribution < -0.4 is 0 Å². The van der Waals surface area contributed by atoms with Gasteiger partial charge < -0.3 is 33.2 Å². The molecule has 2 rings (SSSR count). The molecule has 13 nitrogen and oxygen atoms in total. The van der Waals surface area contributed by atoms with Gasteiger partial charge in [0.25, 0.3) is 0 Å². The van der Waals surface area contributed by atoms with Gasteiger partial charge in [-0.15, -0.1) is 0 Å². The van der Waals surface area contributed by atoms with Gasteiger partial charge in [-0.25, -0.2) is 4.79 Å². The molecule has 2 aliphatic heterocycles. The third kappa shape index (κ3) is 22.6. The number of carbonyl (C=O) groups excluding carboxylic acids is 6. The minimum absolute atomic E-state index is 0.225. The molecule has 0 unspecified atom stereocenters. The topological polar surface area (TPSA) is 167 Å². The smallest absolute Gasteiger partial charge is 0.334 e. The van der Waals surface area contributed by atoms with E-state index in [1.54, 1.807) is 13.0 Å². The van der Waals surface area contributed by atoms with E-state index in [0.717, 1.165) is 38.5 Å². The quantitative estimate of drug-likeness (QED) is 0.0370. The highest BCUT2D eigenvalue weighted by Crippen LogP contribution is 2.32. The Morgan fingerprint density at radius 3 is 1.62 bits per heavy atom. The van der Waals surface area contributed by atoms with Gasteiger partial charge in [-0.1, -0.05) is 71.1 Å². The lowest BCUT2D eigenvalue weighted by Crippen LogP contribution is -2.38. The van der Waals surface area contributed by atoms with Crippen molar-refractivity contribution in [2.24, 2.45) is 0 Å². The van der Waals surface area contributed by atoms with Crippen molar-refractivity contribution < 1.29 is 61.9 Å². The second-order valence-corrected chi connectivity index (χ2v) is 16.2. The fraction of sp³-hybridized carbons (Fsp3) is 0.822. The SMILES string of the molecule is CCCCCCCCCCCC[C@@H](OC(C)=O)[C@@H](CC[C@H](OC(C)=O)[C@@H]1CC[C@@H](C[C@@H](CCCCC[C@H](CC2=C[C@H](C)OC2=O)OC(C)=O)OC(C)=O)O1)OC(C)=O. The summed E-state index contributed by atoms with van der Waals surface area (Å²) in [7, 11) is 0. The van der Waals surface area contributed by atoms with E-state index in [0.29, 0.717) is 63.4 Å². The molecule has 2 aliphatic rings. The second-order valence-electron chi connectivity index (χ2n) is 16.2. The molecule has 13 heteroatoms. The summed E-state index contributed by atoms with van der Waals surface area (Å²) >= 11 is 0. The zero-order valence-corrected chi connectivity index (χ0v) is 36.6. The average Bonchev–Trinajstić information content (AvgIpc) is 3.72. The predicted molar refractivity (Wildman–Crippen MR) is 217 cm³/mol. The Kier molecular flexibility index (Phi) is 25.2. The zero-order chi connectivity index (χ0) is 42.9. The van der Waals surface area contributed by atoms with E-state index >= 15 is 0 Å². The highest BCUT2D eigenvalue weighted by Gasteiger charge is 2.37. The lowest BCUT2D eigenvalue weighted by Gasteiger charge is -2.29. The molecule has 1 saturated heterocycles. The molecule has 0 radical (unpaired) electrons. The molecule has 0 aromatic rings. The molecule has 2 heterocycles. The van der Waals surface area contributed by atoms with Crippen LogP contribution in [0.3, 0.4) is 0 Å². The van der Waals surface area contributed by atoms with Crippen LogP contribution in [0.4, 0.5) is 0 Å². The van der Waals surface area contributed by atoms with E-state index in [9.17, 15) is 28.8 Å². The second kappa shape index (κ2) is 28.9. The van der Waals surface area contributed by atoms with Crippen molar-refractivity contribution in [2.75, 3.05) is 0 Å². The molecule has 0 amide bonds. The first kappa shape index (κ1) is 50.7. The monoisotopic (exact) mass is 823 g/mol. The van der Waals surface area contributed by atoms with E-state index in [4.69, 9.17) is 33.2 Å². The summed E-state index contributed by atoms with van der Waals surface area (Å²) in [6.45, 7) is 10.8. The van der Waals surface area contributed by atoms with Gasteiger partial charge >= 0.3 is 35.8 Å². The number of unbranched alkanes of at least 4 members (excludes halogenated alkanes) is 11. The average molecular weight is 823 g/mol. The molecule has 0 spiro atoms. The maximum absolute atomic E-state index is 12.3. The summed E-state index contributed by atoms with van der Waals surface area (Å²) in [4.78, 5) is 72.5. The van der Waals surface area contributed by atoms with Gasteiger partial charge in [-0.2, -0.15) is 0 Å². The number of esters is 6. The minimum atomic E-state index is -0.701. The lowest BCUT2D eigenvalue weighted by molar-refractivity contribution is -0.169. The lowest BCUT2D eigenvalue weighted by atomic mass is 9.97. The summed E-state index contributed by atoms with van der Waals surface area (Å²) in [6.07, 6.45) is 16.6. The van der Waals surface area contributed by atoms with Crippen LogP contribution in [-0.2, 0) is 61.9 Å². The largest absolute Gasteiger partial charge is 0.462 e. The summed E-state index contributed by atoms with van der Waals surface area (Å²) in [5, 5.41) is 0. The molecule has 332 valence electrons. The Bertz CT molecular complexity index is 1290. The van der Waals surface area contributed by atoms with Crippen LogP contribution >= 0.6 is 0 Å². The number of hydrogen-bond acceptors (Lipinski definition) is 13. The first-order chi connectivity index (χ1) is 27.7. The van der Waals surface area contributed by atoms with Gasteiger partial charge in [0.05, 0.1) is 12.2 Å². The van der Waals surface area contributed by atoms with Crippen LogP contribution in [-0.4, -0.2) is 84.6 Å². The van der Waals surface area contributed by atoms with Crippen molar-refractivity contribution in [1.29, 1.82) is 0 Å². The van der Waals surface area contributed by atoms with Crippen LogP contribution in [0.15, 0.2) is 11.6 Å². The molecule has 58 heavy (non-hydrogen) atoms. The molecule has 0 N–H and O–H groups in total. The highest BCUT2D eigenvalue weighted by atomic mass is 16.6. The van der Waals surface area contributed by atoms with Gasteiger partial charge in [0.1, 0.15) is 36.6 Å². The summed E-state index contributed by atoms with van der Waals surface area (Å²) in [5.41, 5.74) is 0.523. The molecular weight excluding hydrogens is 748 g/mol. The molecule has 0 bridgehead atoms. The number of carbonyl (C=O) groups is 6. The molecule has 0 aromatic carbocycles. The van der Waals surface area contributed by atoms with Crippen molar-refractivity contribution in [2.45, 2.75) is 239 Å². The van der Waals surface area contributed by atoms with Crippen molar-refractivity contribution in [3.05, 3.63) is 11.6 Å². The zero-order valence-electron chi connectivity index (χ0n) is 36.6. The number of cyclic esters (lactones) is 1. The Labute approximate surface area is 347 Å². The number of ether oxygens (including phenoxy) is 7. The number of rotatable bonds is 31. The molecule has 0 aliphatic carbocycles. The van der Waals surface area contributed by atoms with Crippen LogP contribution in [0, 0.1) is 0 Å². The number of hydrogen-bond donors (Lipinski definition) is 0. The molecule has 8 atom stereocenters. The standard InChI is InChI=1S/C45H74O13/c1-8-9-10-11-12-13-14-15-16-20-23-41(55-34(5)48)42(56-35(6)49)26-27-43(57-36(7)50)44-25-24-40(58-44)30-39(54-33(4)47)22-19-17-18-21-38(53-32(3)46)29-37-28-31(2)52-45(37)51/h28,31,38-44H,8-27,29-30H2,1-7H3/t31-,38+,39+,40-,41+,42+,43-,44-/m0/s1. The van der Waals surface area contributed by atoms with Crippen molar-refractivity contribution >= 4 is 35.8 Å². The van der Waals surface area contributed by atoms with E-state index in [1.165, 1.54) is 79.6 Å². The van der Waals surface area contributed by atoms with Crippen LogP contribution in [0.2, 0.25) is 0 Å². The van der Waals surface area contributed by atoms with Gasteiger partial charge in [0.15, 0.2) is 0 Å². The van der Waals surface area contributed by atoms with Crippen molar-refractivity contribution in [3.8, 4) is 0 Å². The van der Waals surface area contributed by atoms with Gasteiger partial charge in [0.2, 0.25) is 0 Å². The Balaban J connectivity index is 1.93. The predicted octanol–water partition coefficient (Wildman–Crippen LogP) is 8.89. The van der Waals surface area contributed by atoms with Crippen molar-refractivity contribution in [3.63, 3.8) is 0 Å². The third-order valence-electron chi connectivity index (χ3n) is 10.7. The van der Waals surface area contributed by atoms with Crippen molar-refractivity contribution in [1.82, 2.24) is 0 Å². The molecule has 1 fully saturated rings. The van der Waals surface area contributed by atoms with Crippen LogP contribution in [0.5, 0.6) is 0 Å². The fourth-order valence-electron chi connectivity index (χ4n) is 8.08. The summed E-state index contributed by atoms with van der Waals surface area (Å²) in [6, 6.07) is 0. The molecule has 0 aromatic heterocycles. The molecule has 0 saturated carbocycles. The summed E-state index contributed by atoms with van der Waals surface area (Å²) < 4.78 is 40.0. The van der Waals surface area contributed by atoms with E-state index in [2.05, 4.69) is 6.92 Å². The third-order valence-corrected chi connectivity index (χ3v) is 10.7. The highest BCUT2D eigenvalue weighted by molar-refractivity contribution is 5.91. The minimum Gasteiger partial charge on any atom is -0.462 e. The maximum Gasteiger partial charge on any atom is 0.334 e. The Hall–Kier alpha value is -3.48. The first-order valence-corrected chi connectivity index (χ1v) is 22.1. The van der Waals surface area contributed by atoms with Gasteiger partial charge in [-0.3, -0.25) is 24.0 Å². The first-order valence-electron chi connectivity index (χ1n) is 22.1. The van der Waals surface area contributed by atoms with Gasteiger partial charge in [0, 0.05) is 53.0 Å². The van der Waals surface area contributed by atoms with Crippen LogP contribution in [0.25, 0.3) is 0 Å². The fourth-order valence-corrected chi connectivity index (χ4v) is 8.08. The van der Waals surface area contributed by atoms with E-state index < -0.39 is 54.4 Å². The summed E-state index contributed by atoms with van der Waals surface area (Å²) in [5.74, 6) is -2.53.